The van der Waals surface area contributed by atoms with Crippen molar-refractivity contribution in [3.63, 3.8) is 0 Å². The van der Waals surface area contributed by atoms with E-state index in [0.717, 1.165) is 23.9 Å². The number of hydrogen-bond donors (Lipinski definition) is 1. The molecule has 0 spiro atoms. The molecule has 100 valence electrons. The van der Waals surface area contributed by atoms with Crippen molar-refractivity contribution in [2.24, 2.45) is 11.8 Å². The summed E-state index contributed by atoms with van der Waals surface area (Å²) in [6, 6.07) is 1.62. The number of rotatable bonds is 5. The molecule has 0 aliphatic heterocycles. The van der Waals surface area contributed by atoms with Gasteiger partial charge in [0.25, 0.3) is 0 Å². The van der Waals surface area contributed by atoms with E-state index in [0.29, 0.717) is 0 Å². The van der Waals surface area contributed by atoms with Crippen LogP contribution in [-0.2, 0) is 0 Å². The first kappa shape index (κ1) is 13.4. The van der Waals surface area contributed by atoms with Gasteiger partial charge in [-0.05, 0) is 43.9 Å². The third-order valence-corrected chi connectivity index (χ3v) is 5.14. The number of hydrogen-bond acceptors (Lipinski definition) is 1. The van der Waals surface area contributed by atoms with Gasteiger partial charge in [0, 0.05) is 12.1 Å². The largest absolute Gasteiger partial charge is 0.311 e. The minimum atomic E-state index is 0.783. The molecule has 0 radical (unpaired) electrons. The second-order valence-corrected chi connectivity index (χ2v) is 6.38. The Balaban J connectivity index is 1.78. The molecule has 0 aromatic carbocycles. The summed E-state index contributed by atoms with van der Waals surface area (Å²) in [6.07, 6.45) is 14.5. The molecule has 2 saturated carbocycles. The molecule has 2 aliphatic rings. The van der Waals surface area contributed by atoms with Crippen molar-refractivity contribution in [1.82, 2.24) is 5.32 Å². The van der Waals surface area contributed by atoms with E-state index in [1.807, 2.05) is 0 Å². The number of nitrogens with one attached hydrogen (secondary N) is 1. The zero-order valence-electron chi connectivity index (χ0n) is 11.9. The van der Waals surface area contributed by atoms with Crippen molar-refractivity contribution in [3.05, 3.63) is 0 Å². The van der Waals surface area contributed by atoms with E-state index in [-0.39, 0.29) is 0 Å². The predicted octanol–water partition coefficient (Wildman–Crippen LogP) is 4.51. The van der Waals surface area contributed by atoms with E-state index in [1.165, 1.54) is 64.2 Å². The Bertz CT molecular complexity index is 212. The molecular formula is C16H31N. The summed E-state index contributed by atoms with van der Waals surface area (Å²) >= 11 is 0. The average molecular weight is 237 g/mol. The molecule has 2 rings (SSSR count). The van der Waals surface area contributed by atoms with Gasteiger partial charge in [-0.25, -0.2) is 0 Å². The summed E-state index contributed by atoms with van der Waals surface area (Å²) in [5.41, 5.74) is 0. The number of fused-ring (bicyclic) bond motifs is 1. The smallest absolute Gasteiger partial charge is 0.00724 e. The topological polar surface area (TPSA) is 12.0 Å². The molecule has 1 nitrogen and oxygen atoms in total. The Kier molecular flexibility index (Phi) is 5.34. The fourth-order valence-electron chi connectivity index (χ4n) is 4.11. The summed E-state index contributed by atoms with van der Waals surface area (Å²) < 4.78 is 0. The molecule has 2 aliphatic carbocycles. The summed E-state index contributed by atoms with van der Waals surface area (Å²) in [5, 5.41) is 3.94. The lowest BCUT2D eigenvalue weighted by atomic mass is 9.69. The molecule has 4 atom stereocenters. The second-order valence-electron chi connectivity index (χ2n) is 6.38. The minimum absolute atomic E-state index is 0.783. The third kappa shape index (κ3) is 3.71. The Morgan fingerprint density at radius 3 is 2.47 bits per heavy atom. The van der Waals surface area contributed by atoms with Gasteiger partial charge in [-0.2, -0.15) is 0 Å². The van der Waals surface area contributed by atoms with Gasteiger partial charge in [-0.15, -0.1) is 0 Å². The van der Waals surface area contributed by atoms with Gasteiger partial charge in [0.15, 0.2) is 0 Å². The molecule has 4 unspecified atom stereocenters. The molecule has 2 fully saturated rings. The monoisotopic (exact) mass is 237 g/mol. The summed E-state index contributed by atoms with van der Waals surface area (Å²) in [7, 11) is 0. The van der Waals surface area contributed by atoms with Gasteiger partial charge >= 0.3 is 0 Å². The van der Waals surface area contributed by atoms with E-state index in [2.05, 4.69) is 19.2 Å². The van der Waals surface area contributed by atoms with Crippen LogP contribution in [0.25, 0.3) is 0 Å². The summed E-state index contributed by atoms with van der Waals surface area (Å²) in [5.74, 6) is 2.15. The first-order valence-electron chi connectivity index (χ1n) is 8.09. The van der Waals surface area contributed by atoms with Gasteiger partial charge in [0.05, 0.1) is 0 Å². The van der Waals surface area contributed by atoms with Crippen LogP contribution in [0.5, 0.6) is 0 Å². The van der Waals surface area contributed by atoms with E-state index in [9.17, 15) is 0 Å². The van der Waals surface area contributed by atoms with Crippen molar-refractivity contribution in [1.29, 1.82) is 0 Å². The molecule has 17 heavy (non-hydrogen) atoms. The molecule has 0 aromatic rings. The van der Waals surface area contributed by atoms with Crippen LogP contribution in [0.4, 0.5) is 0 Å². The van der Waals surface area contributed by atoms with E-state index in [4.69, 9.17) is 0 Å². The van der Waals surface area contributed by atoms with Gasteiger partial charge in [-0.1, -0.05) is 46.0 Å². The van der Waals surface area contributed by atoms with Crippen LogP contribution in [0.15, 0.2) is 0 Å². The fourth-order valence-corrected chi connectivity index (χ4v) is 4.11. The van der Waals surface area contributed by atoms with Crippen LogP contribution in [-0.4, -0.2) is 12.1 Å². The molecule has 0 amide bonds. The van der Waals surface area contributed by atoms with Crippen LogP contribution < -0.4 is 5.32 Å². The highest BCUT2D eigenvalue weighted by Crippen LogP contribution is 2.40. The highest BCUT2D eigenvalue weighted by atomic mass is 14.9. The van der Waals surface area contributed by atoms with Crippen molar-refractivity contribution in [3.8, 4) is 0 Å². The van der Waals surface area contributed by atoms with Crippen molar-refractivity contribution in [2.75, 3.05) is 0 Å². The lowest BCUT2D eigenvalue weighted by molar-refractivity contribution is 0.137. The minimum Gasteiger partial charge on any atom is -0.311 e. The van der Waals surface area contributed by atoms with Gasteiger partial charge in [0.1, 0.15) is 0 Å². The molecule has 0 bridgehead atoms. The molecule has 0 heterocycles. The van der Waals surface area contributed by atoms with Crippen molar-refractivity contribution >= 4 is 0 Å². The molecule has 0 saturated heterocycles. The molecule has 1 N–H and O–H groups in total. The Hall–Kier alpha value is -0.0400. The van der Waals surface area contributed by atoms with Crippen LogP contribution in [0.3, 0.4) is 0 Å². The lowest BCUT2D eigenvalue weighted by Gasteiger charge is -2.40. The molecule has 1 heteroatoms. The Labute approximate surface area is 108 Å². The van der Waals surface area contributed by atoms with E-state index in [1.54, 1.807) is 0 Å². The Morgan fingerprint density at radius 2 is 1.76 bits per heavy atom. The van der Waals surface area contributed by atoms with Gasteiger partial charge in [-0.3, -0.25) is 0 Å². The first-order valence-corrected chi connectivity index (χ1v) is 8.09. The van der Waals surface area contributed by atoms with Crippen molar-refractivity contribution in [2.45, 2.75) is 90.1 Å². The third-order valence-electron chi connectivity index (χ3n) is 5.14. The Morgan fingerprint density at radius 1 is 1.00 bits per heavy atom. The molecular weight excluding hydrogens is 206 g/mol. The SMILES string of the molecule is CCCC(CC)NC1CCC2CCCCC2C1. The maximum Gasteiger partial charge on any atom is 0.00724 e. The standard InChI is InChI=1S/C16H31N/c1-3-7-15(4-2)17-16-11-10-13-8-5-6-9-14(13)12-16/h13-17H,3-12H2,1-2H3. The van der Waals surface area contributed by atoms with E-state index >= 15 is 0 Å². The first-order chi connectivity index (χ1) is 8.33. The second kappa shape index (κ2) is 6.78. The molecule has 0 aromatic heterocycles. The van der Waals surface area contributed by atoms with Gasteiger partial charge in [0.2, 0.25) is 0 Å². The van der Waals surface area contributed by atoms with Crippen LogP contribution in [0, 0.1) is 11.8 Å². The van der Waals surface area contributed by atoms with Crippen LogP contribution in [0.1, 0.15) is 78.1 Å². The fraction of sp³-hybridized carbons (Fsp3) is 1.00. The highest BCUT2D eigenvalue weighted by Gasteiger charge is 2.32. The quantitative estimate of drug-likeness (QED) is 0.741. The normalized spacial score (nSPS) is 35.3. The van der Waals surface area contributed by atoms with Gasteiger partial charge < -0.3 is 5.32 Å². The van der Waals surface area contributed by atoms with Crippen LogP contribution in [0.2, 0.25) is 0 Å². The lowest BCUT2D eigenvalue weighted by Crippen LogP contribution is -2.43. The summed E-state index contributed by atoms with van der Waals surface area (Å²) in [4.78, 5) is 0. The average Bonchev–Trinajstić information content (AvgIpc) is 2.38. The highest BCUT2D eigenvalue weighted by molar-refractivity contribution is 4.87. The van der Waals surface area contributed by atoms with Crippen molar-refractivity contribution < 1.29 is 0 Å². The maximum absolute atomic E-state index is 3.94. The van der Waals surface area contributed by atoms with E-state index < -0.39 is 0 Å². The zero-order chi connectivity index (χ0) is 12.1. The predicted molar refractivity (Wildman–Crippen MR) is 75.2 cm³/mol. The summed E-state index contributed by atoms with van der Waals surface area (Å²) in [6.45, 7) is 4.64. The van der Waals surface area contributed by atoms with Crippen LogP contribution >= 0.6 is 0 Å². The maximum atomic E-state index is 3.94. The zero-order valence-corrected chi connectivity index (χ0v) is 11.9.